The van der Waals surface area contributed by atoms with E-state index in [4.69, 9.17) is 5.11 Å². The molecule has 4 nitrogen and oxygen atoms in total. The molecule has 1 amide bonds. The fraction of sp³-hybridized carbons (Fsp3) is 0.273. The minimum atomic E-state index is -2.36. The zero-order chi connectivity index (χ0) is 15.4. The summed E-state index contributed by atoms with van der Waals surface area (Å²) in [5.41, 5.74) is -1.60. The van der Waals surface area contributed by atoms with Crippen molar-refractivity contribution in [2.45, 2.75) is 12.8 Å². The van der Waals surface area contributed by atoms with Crippen LogP contribution in [-0.2, 0) is 4.79 Å². The predicted molar refractivity (Wildman–Crippen MR) is 55.4 cm³/mol. The molecule has 1 aromatic rings. The molecule has 0 aliphatic heterocycles. The molecule has 0 aliphatic rings. The van der Waals surface area contributed by atoms with Crippen LogP contribution in [0.25, 0.3) is 0 Å². The summed E-state index contributed by atoms with van der Waals surface area (Å²) in [5.74, 6) is -13.9. The summed E-state index contributed by atoms with van der Waals surface area (Å²) < 4.78 is 64.8. The Balaban J connectivity index is 2.91. The standard InChI is InChI=1S/C11H8F5NO3/c12-6-5(7(13)9(15)10(16)8(6)14)11(20)17-3-1-2-4(18)19/h1-3H2,(H,17,20)(H,18,19). The van der Waals surface area contributed by atoms with Crippen LogP contribution in [0.1, 0.15) is 23.2 Å². The molecule has 0 fully saturated rings. The van der Waals surface area contributed by atoms with E-state index in [1.807, 2.05) is 5.32 Å². The molecule has 0 spiro atoms. The van der Waals surface area contributed by atoms with Crippen molar-refractivity contribution in [2.75, 3.05) is 6.54 Å². The number of aliphatic carboxylic acids is 1. The van der Waals surface area contributed by atoms with Gasteiger partial charge in [-0.25, -0.2) is 22.0 Å². The number of hydrogen-bond acceptors (Lipinski definition) is 2. The highest BCUT2D eigenvalue weighted by atomic mass is 19.2. The summed E-state index contributed by atoms with van der Waals surface area (Å²) >= 11 is 0. The van der Waals surface area contributed by atoms with E-state index in [2.05, 4.69) is 0 Å². The van der Waals surface area contributed by atoms with Gasteiger partial charge in [-0.2, -0.15) is 0 Å². The van der Waals surface area contributed by atoms with Gasteiger partial charge >= 0.3 is 5.97 Å². The Bertz CT molecular complexity index is 532. The van der Waals surface area contributed by atoms with E-state index in [9.17, 15) is 31.5 Å². The van der Waals surface area contributed by atoms with Crippen LogP contribution in [0.5, 0.6) is 0 Å². The third-order valence-electron chi connectivity index (χ3n) is 2.29. The number of carbonyl (C=O) groups is 2. The second kappa shape index (κ2) is 6.31. The van der Waals surface area contributed by atoms with Gasteiger partial charge in [-0.05, 0) is 6.42 Å². The molecule has 2 N–H and O–H groups in total. The molecule has 0 bridgehead atoms. The zero-order valence-corrected chi connectivity index (χ0v) is 9.77. The molecular formula is C11H8F5NO3. The van der Waals surface area contributed by atoms with Crippen LogP contribution < -0.4 is 5.32 Å². The first-order chi connectivity index (χ1) is 9.27. The van der Waals surface area contributed by atoms with Crippen LogP contribution in [0.2, 0.25) is 0 Å². The molecule has 0 saturated heterocycles. The lowest BCUT2D eigenvalue weighted by Crippen LogP contribution is -2.28. The van der Waals surface area contributed by atoms with Crippen molar-refractivity contribution in [3.05, 3.63) is 34.6 Å². The van der Waals surface area contributed by atoms with Gasteiger partial charge in [0.1, 0.15) is 5.56 Å². The van der Waals surface area contributed by atoms with Crippen molar-refractivity contribution in [3.8, 4) is 0 Å². The molecule has 1 rings (SSSR count). The van der Waals surface area contributed by atoms with Gasteiger partial charge in [-0.3, -0.25) is 9.59 Å². The van der Waals surface area contributed by atoms with Gasteiger partial charge in [-0.1, -0.05) is 0 Å². The van der Waals surface area contributed by atoms with Gasteiger partial charge < -0.3 is 10.4 Å². The smallest absolute Gasteiger partial charge is 0.303 e. The molecule has 20 heavy (non-hydrogen) atoms. The van der Waals surface area contributed by atoms with E-state index in [1.54, 1.807) is 0 Å². The molecule has 0 heterocycles. The van der Waals surface area contributed by atoms with Crippen molar-refractivity contribution in [1.29, 1.82) is 0 Å². The Morgan fingerprint density at radius 2 is 1.35 bits per heavy atom. The van der Waals surface area contributed by atoms with E-state index < -0.39 is 46.5 Å². The Labute approximate surface area is 109 Å². The van der Waals surface area contributed by atoms with Gasteiger partial charge in [0.2, 0.25) is 5.82 Å². The number of carboxylic acids is 1. The fourth-order valence-corrected chi connectivity index (χ4v) is 1.33. The van der Waals surface area contributed by atoms with Crippen LogP contribution in [0.3, 0.4) is 0 Å². The first kappa shape index (κ1) is 15.9. The molecule has 0 radical (unpaired) electrons. The minimum Gasteiger partial charge on any atom is -0.481 e. The third kappa shape index (κ3) is 3.22. The number of nitrogens with one attached hydrogen (secondary N) is 1. The maximum Gasteiger partial charge on any atom is 0.303 e. The van der Waals surface area contributed by atoms with Gasteiger partial charge in [0.05, 0.1) is 0 Å². The second-order valence-electron chi connectivity index (χ2n) is 3.70. The van der Waals surface area contributed by atoms with Crippen molar-refractivity contribution in [2.24, 2.45) is 0 Å². The first-order valence-electron chi connectivity index (χ1n) is 5.28. The molecule has 0 aromatic heterocycles. The lowest BCUT2D eigenvalue weighted by atomic mass is 10.1. The van der Waals surface area contributed by atoms with Crippen molar-refractivity contribution in [1.82, 2.24) is 5.32 Å². The largest absolute Gasteiger partial charge is 0.481 e. The summed E-state index contributed by atoms with van der Waals surface area (Å²) in [6.45, 7) is -0.287. The monoisotopic (exact) mass is 297 g/mol. The SMILES string of the molecule is O=C(O)CCCNC(=O)c1c(F)c(F)c(F)c(F)c1F. The second-order valence-corrected chi connectivity index (χ2v) is 3.70. The minimum absolute atomic E-state index is 0.0591. The van der Waals surface area contributed by atoms with Crippen LogP contribution in [0, 0.1) is 29.1 Å². The van der Waals surface area contributed by atoms with E-state index in [-0.39, 0.29) is 19.4 Å². The van der Waals surface area contributed by atoms with Gasteiger partial charge in [-0.15, -0.1) is 0 Å². The highest BCUT2D eigenvalue weighted by Gasteiger charge is 2.29. The van der Waals surface area contributed by atoms with E-state index in [0.29, 0.717) is 0 Å². The molecule has 0 unspecified atom stereocenters. The number of carbonyl (C=O) groups excluding carboxylic acids is 1. The average Bonchev–Trinajstić information content (AvgIpc) is 2.39. The molecular weight excluding hydrogens is 289 g/mol. The normalized spacial score (nSPS) is 10.4. The fourth-order valence-electron chi connectivity index (χ4n) is 1.33. The van der Waals surface area contributed by atoms with Crippen molar-refractivity contribution in [3.63, 3.8) is 0 Å². The summed E-state index contributed by atoms with van der Waals surface area (Å²) in [6.07, 6.45) is -0.381. The van der Waals surface area contributed by atoms with Gasteiger partial charge in [0, 0.05) is 13.0 Å². The quantitative estimate of drug-likeness (QED) is 0.378. The number of carboxylic acid groups (broad SMARTS) is 1. The van der Waals surface area contributed by atoms with Crippen LogP contribution in [-0.4, -0.2) is 23.5 Å². The summed E-state index contributed by atoms with van der Waals surface area (Å²) in [5, 5.41) is 10.2. The topological polar surface area (TPSA) is 66.4 Å². The molecule has 9 heteroatoms. The molecule has 1 aromatic carbocycles. The average molecular weight is 297 g/mol. The zero-order valence-electron chi connectivity index (χ0n) is 9.77. The number of benzene rings is 1. The van der Waals surface area contributed by atoms with E-state index in [0.717, 1.165) is 0 Å². The summed E-state index contributed by atoms with van der Waals surface area (Å²) in [4.78, 5) is 21.5. The number of hydrogen-bond donors (Lipinski definition) is 2. The first-order valence-corrected chi connectivity index (χ1v) is 5.28. The predicted octanol–water partition coefficient (Wildman–Crippen LogP) is 1.98. The highest BCUT2D eigenvalue weighted by molar-refractivity contribution is 5.94. The lowest BCUT2D eigenvalue weighted by Gasteiger charge is -2.08. The van der Waals surface area contributed by atoms with E-state index >= 15 is 0 Å². The van der Waals surface area contributed by atoms with Gasteiger partial charge in [0.25, 0.3) is 5.91 Å². The summed E-state index contributed by atoms with van der Waals surface area (Å²) in [6, 6.07) is 0. The Morgan fingerprint density at radius 3 is 1.80 bits per heavy atom. The number of rotatable bonds is 5. The lowest BCUT2D eigenvalue weighted by molar-refractivity contribution is -0.137. The molecule has 0 aliphatic carbocycles. The summed E-state index contributed by atoms with van der Waals surface area (Å²) in [7, 11) is 0. The van der Waals surface area contributed by atoms with Gasteiger partial charge in [0.15, 0.2) is 23.3 Å². The van der Waals surface area contributed by atoms with Crippen LogP contribution >= 0.6 is 0 Å². The highest BCUT2D eigenvalue weighted by Crippen LogP contribution is 2.22. The third-order valence-corrected chi connectivity index (χ3v) is 2.29. The number of halogens is 5. The van der Waals surface area contributed by atoms with E-state index in [1.165, 1.54) is 0 Å². The van der Waals surface area contributed by atoms with Crippen LogP contribution in [0.4, 0.5) is 22.0 Å². The Hall–Kier alpha value is -2.19. The maximum atomic E-state index is 13.2. The van der Waals surface area contributed by atoms with Crippen molar-refractivity contribution >= 4 is 11.9 Å². The molecule has 0 atom stereocenters. The Kier molecular flexibility index (Phi) is 5.00. The Morgan fingerprint density at radius 1 is 0.900 bits per heavy atom. The van der Waals surface area contributed by atoms with Crippen LogP contribution in [0.15, 0.2) is 0 Å². The molecule has 110 valence electrons. The number of amides is 1. The maximum absolute atomic E-state index is 13.2. The van der Waals surface area contributed by atoms with Crippen molar-refractivity contribution < 1.29 is 36.6 Å². The molecule has 0 saturated carbocycles.